The van der Waals surface area contributed by atoms with Crippen molar-refractivity contribution < 1.29 is 27.5 Å². The molecule has 3 rings (SSSR count). The highest BCUT2D eigenvalue weighted by atomic mass is 35.5. The van der Waals surface area contributed by atoms with E-state index in [0.717, 1.165) is 9.87 Å². The van der Waals surface area contributed by atoms with Gasteiger partial charge in [-0.15, -0.1) is 0 Å². The van der Waals surface area contributed by atoms with Crippen molar-refractivity contribution in [1.82, 2.24) is 10.2 Å². The lowest BCUT2D eigenvalue weighted by molar-refractivity contribution is -0.140. The second-order valence-corrected chi connectivity index (χ2v) is 12.5. The molecule has 0 aliphatic heterocycles. The van der Waals surface area contributed by atoms with Gasteiger partial charge in [0, 0.05) is 19.2 Å². The van der Waals surface area contributed by atoms with E-state index in [1.165, 1.54) is 43.4 Å². The van der Waals surface area contributed by atoms with Gasteiger partial charge in [-0.25, -0.2) is 8.42 Å². The average Bonchev–Trinajstić information content (AvgIpc) is 3.00. The quantitative estimate of drug-likeness (QED) is 0.235. The number of amides is 2. The van der Waals surface area contributed by atoms with Crippen LogP contribution in [0.4, 0.5) is 5.69 Å². The number of methoxy groups -OCH3 is 2. The van der Waals surface area contributed by atoms with E-state index in [0.29, 0.717) is 40.7 Å². The fourth-order valence-corrected chi connectivity index (χ4v) is 6.19. The second-order valence-electron chi connectivity index (χ2n) is 9.85. The maximum Gasteiger partial charge on any atom is 0.264 e. The Bertz CT molecular complexity index is 1530. The van der Waals surface area contributed by atoms with Gasteiger partial charge in [0.1, 0.15) is 12.6 Å². The first-order chi connectivity index (χ1) is 20.5. The third kappa shape index (κ3) is 8.34. The third-order valence-electron chi connectivity index (χ3n) is 6.82. The summed E-state index contributed by atoms with van der Waals surface area (Å²) in [5.41, 5.74) is 1.69. The van der Waals surface area contributed by atoms with E-state index in [2.05, 4.69) is 5.32 Å². The van der Waals surface area contributed by atoms with Gasteiger partial charge in [0.2, 0.25) is 11.8 Å². The number of hydrogen-bond donors (Lipinski definition) is 1. The molecule has 0 radical (unpaired) electrons. The molecule has 0 aromatic heterocycles. The lowest BCUT2D eigenvalue weighted by Gasteiger charge is -2.33. The molecule has 3 aromatic rings. The molecule has 0 unspecified atom stereocenters. The summed E-state index contributed by atoms with van der Waals surface area (Å²) in [6.07, 6.45) is 1.01. The van der Waals surface area contributed by atoms with Crippen molar-refractivity contribution in [3.8, 4) is 11.5 Å². The van der Waals surface area contributed by atoms with E-state index in [-0.39, 0.29) is 28.8 Å². The van der Waals surface area contributed by atoms with E-state index in [1.54, 1.807) is 43.3 Å². The average molecular weight is 651 g/mol. The number of aryl methyl sites for hydroxylation is 1. The Hall–Kier alpha value is -3.47. The second kappa shape index (κ2) is 15.3. The van der Waals surface area contributed by atoms with Crippen LogP contribution in [0, 0.1) is 6.92 Å². The molecule has 2 amide bonds. The van der Waals surface area contributed by atoms with E-state index >= 15 is 0 Å². The summed E-state index contributed by atoms with van der Waals surface area (Å²) in [4.78, 5) is 28.8. The molecule has 43 heavy (non-hydrogen) atoms. The zero-order valence-electron chi connectivity index (χ0n) is 24.9. The van der Waals surface area contributed by atoms with Gasteiger partial charge in [-0.3, -0.25) is 13.9 Å². The lowest BCUT2D eigenvalue weighted by Crippen LogP contribution is -2.52. The van der Waals surface area contributed by atoms with Gasteiger partial charge in [0.15, 0.2) is 11.5 Å². The zero-order valence-corrected chi connectivity index (χ0v) is 27.2. The number of sulfonamides is 1. The maximum atomic E-state index is 14.2. The fraction of sp³-hybridized carbons (Fsp3) is 0.355. The number of carbonyl (C=O) groups excluding carboxylic acids is 2. The number of halogens is 2. The molecule has 12 heteroatoms. The molecule has 1 N–H and O–H groups in total. The Labute approximate surface area is 263 Å². The van der Waals surface area contributed by atoms with Crippen LogP contribution in [0.1, 0.15) is 37.8 Å². The predicted molar refractivity (Wildman–Crippen MR) is 170 cm³/mol. The predicted octanol–water partition coefficient (Wildman–Crippen LogP) is 5.85. The Morgan fingerprint density at radius 1 is 0.907 bits per heavy atom. The van der Waals surface area contributed by atoms with Crippen molar-refractivity contribution in [2.75, 3.05) is 31.6 Å². The molecule has 0 fully saturated rings. The molecule has 0 saturated carbocycles. The molecule has 0 heterocycles. The smallest absolute Gasteiger partial charge is 0.264 e. The first-order valence-electron chi connectivity index (χ1n) is 13.8. The highest BCUT2D eigenvalue weighted by molar-refractivity contribution is 7.92. The van der Waals surface area contributed by atoms with E-state index < -0.39 is 28.5 Å². The highest BCUT2D eigenvalue weighted by Gasteiger charge is 2.34. The first kappa shape index (κ1) is 34.0. The number of nitrogens with zero attached hydrogens (tertiary/aromatic N) is 2. The summed E-state index contributed by atoms with van der Waals surface area (Å²) < 4.78 is 39.9. The molecule has 0 saturated heterocycles. The number of anilines is 1. The van der Waals surface area contributed by atoms with Crippen LogP contribution in [0.3, 0.4) is 0 Å². The molecule has 232 valence electrons. The number of ether oxygens (including phenoxy) is 2. The van der Waals surface area contributed by atoms with Gasteiger partial charge >= 0.3 is 0 Å². The van der Waals surface area contributed by atoms with Gasteiger partial charge in [0.05, 0.1) is 34.8 Å². The van der Waals surface area contributed by atoms with E-state index in [9.17, 15) is 18.0 Å². The molecule has 0 spiro atoms. The largest absolute Gasteiger partial charge is 0.493 e. The normalized spacial score (nSPS) is 11.9. The minimum absolute atomic E-state index is 0.00186. The van der Waals surface area contributed by atoms with Gasteiger partial charge < -0.3 is 19.7 Å². The topological polar surface area (TPSA) is 105 Å². The number of rotatable bonds is 14. The van der Waals surface area contributed by atoms with Crippen LogP contribution in [0.15, 0.2) is 65.6 Å². The Balaban J connectivity index is 2.12. The van der Waals surface area contributed by atoms with Gasteiger partial charge in [-0.1, -0.05) is 60.8 Å². The minimum atomic E-state index is -4.25. The minimum Gasteiger partial charge on any atom is -0.493 e. The Morgan fingerprint density at radius 3 is 2.16 bits per heavy atom. The molecule has 0 aliphatic carbocycles. The number of hydrogen-bond acceptors (Lipinski definition) is 6. The molecule has 9 nitrogen and oxygen atoms in total. The summed E-state index contributed by atoms with van der Waals surface area (Å²) in [6, 6.07) is 15.0. The Morgan fingerprint density at radius 2 is 1.58 bits per heavy atom. The van der Waals surface area contributed by atoms with Crippen LogP contribution in [-0.4, -0.2) is 58.5 Å². The molecule has 3 aromatic carbocycles. The van der Waals surface area contributed by atoms with Crippen molar-refractivity contribution in [2.45, 2.75) is 51.1 Å². The molecule has 0 bridgehead atoms. The van der Waals surface area contributed by atoms with Crippen molar-refractivity contribution in [3.05, 3.63) is 81.8 Å². The number of carbonyl (C=O) groups is 2. The van der Waals surface area contributed by atoms with E-state index in [4.69, 9.17) is 32.7 Å². The van der Waals surface area contributed by atoms with E-state index in [1.807, 2.05) is 13.8 Å². The summed E-state index contributed by atoms with van der Waals surface area (Å²) in [6.45, 7) is 5.41. The number of benzene rings is 3. The van der Waals surface area contributed by atoms with Crippen molar-refractivity contribution in [2.24, 2.45) is 0 Å². The first-order valence-corrected chi connectivity index (χ1v) is 16.0. The maximum absolute atomic E-state index is 14.2. The van der Waals surface area contributed by atoms with Gasteiger partial charge in [-0.2, -0.15) is 0 Å². The summed E-state index contributed by atoms with van der Waals surface area (Å²) >= 11 is 12.4. The van der Waals surface area contributed by atoms with Crippen molar-refractivity contribution >= 4 is 50.7 Å². The van der Waals surface area contributed by atoms with Gasteiger partial charge in [-0.05, 0) is 61.7 Å². The van der Waals surface area contributed by atoms with Crippen molar-refractivity contribution in [3.63, 3.8) is 0 Å². The molecule has 0 aliphatic rings. The molecular formula is C31H37Cl2N3O6S. The van der Waals surface area contributed by atoms with Crippen LogP contribution >= 0.6 is 23.2 Å². The standard InChI is InChI=1S/C31H37Cl2N3O6S/c1-6-16-34-31(38)27(7-2)35(19-22-10-14-25(32)26(33)17-22)30(37)20-36(23-11-15-28(41-4)29(18-23)42-5)43(39,40)24-12-8-21(3)9-13-24/h8-15,17-18,27H,6-7,16,19-20H2,1-5H3,(H,34,38)/t27-/m1/s1. The summed E-state index contributed by atoms with van der Waals surface area (Å²) in [5.74, 6) is -0.244. The highest BCUT2D eigenvalue weighted by Crippen LogP contribution is 2.34. The molecule has 1 atom stereocenters. The van der Waals surface area contributed by atoms with Crippen LogP contribution in [0.2, 0.25) is 10.0 Å². The number of nitrogens with one attached hydrogen (secondary N) is 1. The zero-order chi connectivity index (χ0) is 31.7. The monoisotopic (exact) mass is 649 g/mol. The van der Waals surface area contributed by atoms with Crippen molar-refractivity contribution in [1.29, 1.82) is 0 Å². The lowest BCUT2D eigenvalue weighted by atomic mass is 10.1. The van der Waals surface area contributed by atoms with Crippen LogP contribution < -0.4 is 19.1 Å². The van der Waals surface area contributed by atoms with Crippen LogP contribution in [0.5, 0.6) is 11.5 Å². The fourth-order valence-electron chi connectivity index (χ4n) is 4.47. The van der Waals surface area contributed by atoms with Crippen LogP contribution in [-0.2, 0) is 26.2 Å². The van der Waals surface area contributed by atoms with Gasteiger partial charge in [0.25, 0.3) is 10.0 Å². The summed E-state index contributed by atoms with van der Waals surface area (Å²) in [5, 5.41) is 3.50. The molecular weight excluding hydrogens is 613 g/mol. The van der Waals surface area contributed by atoms with Crippen LogP contribution in [0.25, 0.3) is 0 Å². The SMILES string of the molecule is CCCNC(=O)[C@@H](CC)N(Cc1ccc(Cl)c(Cl)c1)C(=O)CN(c1ccc(OC)c(OC)c1)S(=O)(=O)c1ccc(C)cc1. The third-order valence-corrected chi connectivity index (χ3v) is 9.34. The summed E-state index contributed by atoms with van der Waals surface area (Å²) in [7, 11) is -1.34. The Kier molecular flexibility index (Phi) is 12.1.